The molecule has 0 radical (unpaired) electrons. The maximum absolute atomic E-state index is 15.2. The maximum Gasteiger partial charge on any atom is 0.153 e. The zero-order valence-electron chi connectivity index (χ0n) is 24.7. The van der Waals surface area contributed by atoms with Crippen LogP contribution in [0.25, 0.3) is 22.2 Å². The van der Waals surface area contributed by atoms with Crippen molar-refractivity contribution in [1.29, 1.82) is 0 Å². The van der Waals surface area contributed by atoms with Crippen molar-refractivity contribution in [3.63, 3.8) is 0 Å². The van der Waals surface area contributed by atoms with E-state index in [1.54, 1.807) is 50.2 Å². The van der Waals surface area contributed by atoms with Gasteiger partial charge in [-0.2, -0.15) is 0 Å². The molecule has 0 saturated heterocycles. The van der Waals surface area contributed by atoms with Crippen LogP contribution >= 0.6 is 22.9 Å². The number of aromatic nitrogens is 3. The van der Waals surface area contributed by atoms with Gasteiger partial charge in [-0.05, 0) is 68.8 Å². The Kier molecular flexibility index (Phi) is 10.6. The van der Waals surface area contributed by atoms with Crippen LogP contribution in [0.2, 0.25) is 5.02 Å². The van der Waals surface area contributed by atoms with Crippen LogP contribution in [0.4, 0.5) is 20.3 Å². The Balaban J connectivity index is 1.24. The molecule has 0 spiro atoms. The molecule has 0 aliphatic rings. The molecule has 13 heteroatoms. The van der Waals surface area contributed by atoms with Gasteiger partial charge < -0.3 is 15.4 Å². The van der Waals surface area contributed by atoms with E-state index in [1.807, 2.05) is 5.38 Å². The van der Waals surface area contributed by atoms with Crippen LogP contribution in [0.15, 0.2) is 66.3 Å². The Morgan fingerprint density at radius 1 is 1.04 bits per heavy atom. The standard InChI is InChI=1S/C32H32ClF2N5O3S2/c1-20(2)45(41,42)12-11-36-10-4-7-31-40-29(18-44-31)24-15-25-28(16-27(24)35)37-19-38-32(25)39-23-8-9-30(26(33)14-23)43-17-21-5-3-6-22(34)13-21/h3,5-6,8-9,13-16,18-20,36H,4,7,10-12,17H2,1-2H3,(H,37,38,39). The van der Waals surface area contributed by atoms with Crippen molar-refractivity contribution >= 4 is 55.2 Å². The number of fused-ring (bicyclic) bond motifs is 1. The molecule has 5 aromatic rings. The number of halogens is 3. The summed E-state index contributed by atoms with van der Waals surface area (Å²) < 4.78 is 58.3. The molecule has 0 aliphatic heterocycles. The van der Waals surface area contributed by atoms with Crippen molar-refractivity contribution in [1.82, 2.24) is 20.3 Å². The van der Waals surface area contributed by atoms with Crippen LogP contribution in [-0.4, -0.2) is 47.5 Å². The lowest BCUT2D eigenvalue weighted by atomic mass is 10.1. The number of aryl methyl sites for hydroxylation is 1. The van der Waals surface area contributed by atoms with Crippen LogP contribution in [0.1, 0.15) is 30.8 Å². The Morgan fingerprint density at radius 2 is 1.89 bits per heavy atom. The van der Waals surface area contributed by atoms with Crippen LogP contribution in [0, 0.1) is 11.6 Å². The highest BCUT2D eigenvalue weighted by molar-refractivity contribution is 7.92. The second kappa shape index (κ2) is 14.6. The first-order valence-corrected chi connectivity index (χ1v) is 17.3. The summed E-state index contributed by atoms with van der Waals surface area (Å²) >= 11 is 7.92. The number of rotatable bonds is 14. The molecule has 0 fully saturated rings. The number of anilines is 2. The second-order valence-electron chi connectivity index (χ2n) is 10.7. The highest BCUT2D eigenvalue weighted by Gasteiger charge is 2.16. The topological polar surface area (TPSA) is 106 Å². The fourth-order valence-electron chi connectivity index (χ4n) is 4.48. The van der Waals surface area contributed by atoms with Gasteiger partial charge >= 0.3 is 0 Å². The van der Waals surface area contributed by atoms with Crippen molar-refractivity contribution in [3.05, 3.63) is 93.5 Å². The van der Waals surface area contributed by atoms with Gasteiger partial charge in [-0.1, -0.05) is 23.7 Å². The zero-order valence-corrected chi connectivity index (χ0v) is 27.1. The lowest BCUT2D eigenvalue weighted by molar-refractivity contribution is 0.306. The summed E-state index contributed by atoms with van der Waals surface area (Å²) in [5.74, 6) is 0.235. The minimum Gasteiger partial charge on any atom is -0.487 e. The summed E-state index contributed by atoms with van der Waals surface area (Å²) in [6.45, 7) is 4.59. The third kappa shape index (κ3) is 8.51. The highest BCUT2D eigenvalue weighted by Crippen LogP contribution is 2.34. The second-order valence-corrected chi connectivity index (χ2v) is 14.7. The Morgan fingerprint density at radius 3 is 2.67 bits per heavy atom. The summed E-state index contributed by atoms with van der Waals surface area (Å²) in [6.07, 6.45) is 2.81. The van der Waals surface area contributed by atoms with E-state index in [2.05, 4.69) is 25.6 Å². The predicted molar refractivity (Wildman–Crippen MR) is 176 cm³/mol. The van der Waals surface area contributed by atoms with Crippen LogP contribution < -0.4 is 15.4 Å². The summed E-state index contributed by atoms with van der Waals surface area (Å²) in [4.78, 5) is 13.3. The molecule has 236 valence electrons. The molecule has 0 unspecified atom stereocenters. The van der Waals surface area contributed by atoms with E-state index in [1.165, 1.54) is 35.9 Å². The number of hydrogen-bond acceptors (Lipinski definition) is 9. The molecular weight excluding hydrogens is 640 g/mol. The van der Waals surface area contributed by atoms with Crippen molar-refractivity contribution in [3.8, 4) is 17.0 Å². The normalized spacial score (nSPS) is 11.8. The van der Waals surface area contributed by atoms with E-state index in [0.717, 1.165) is 11.4 Å². The summed E-state index contributed by atoms with van der Waals surface area (Å²) in [6, 6.07) is 14.4. The maximum atomic E-state index is 15.2. The minimum absolute atomic E-state index is 0.110. The number of ether oxygens (including phenoxy) is 1. The number of sulfone groups is 1. The molecule has 2 N–H and O–H groups in total. The van der Waals surface area contributed by atoms with Gasteiger partial charge in [0.15, 0.2) is 9.84 Å². The monoisotopic (exact) mass is 671 g/mol. The molecule has 2 heterocycles. The minimum atomic E-state index is -3.06. The molecule has 3 aromatic carbocycles. The SMILES string of the molecule is CC(C)S(=O)(=O)CCNCCCc1nc(-c2cc3c(Nc4ccc(OCc5cccc(F)c5)c(Cl)c4)ncnc3cc2F)cs1. The molecule has 0 aliphatic carbocycles. The van der Waals surface area contributed by atoms with E-state index in [9.17, 15) is 12.8 Å². The number of hydrogen-bond donors (Lipinski definition) is 2. The van der Waals surface area contributed by atoms with Crippen LogP contribution in [0.3, 0.4) is 0 Å². The van der Waals surface area contributed by atoms with Gasteiger partial charge in [0.2, 0.25) is 0 Å². The van der Waals surface area contributed by atoms with Crippen molar-refractivity contribution in [2.24, 2.45) is 0 Å². The van der Waals surface area contributed by atoms with Gasteiger partial charge in [-0.15, -0.1) is 11.3 Å². The fraction of sp³-hybridized carbons (Fsp3) is 0.281. The van der Waals surface area contributed by atoms with Gasteiger partial charge in [0.25, 0.3) is 0 Å². The molecular formula is C32H32ClF2N5O3S2. The van der Waals surface area contributed by atoms with Gasteiger partial charge in [0, 0.05) is 41.0 Å². The van der Waals surface area contributed by atoms with E-state index in [-0.39, 0.29) is 23.4 Å². The number of benzene rings is 3. The number of thiazole rings is 1. The average molecular weight is 672 g/mol. The molecule has 8 nitrogen and oxygen atoms in total. The first-order valence-electron chi connectivity index (χ1n) is 14.3. The third-order valence-corrected chi connectivity index (χ3v) is 10.5. The van der Waals surface area contributed by atoms with Gasteiger partial charge in [-0.3, -0.25) is 0 Å². The first-order chi connectivity index (χ1) is 21.6. The largest absolute Gasteiger partial charge is 0.487 e. The number of nitrogens with one attached hydrogen (secondary N) is 2. The zero-order chi connectivity index (χ0) is 32.0. The molecule has 45 heavy (non-hydrogen) atoms. The van der Waals surface area contributed by atoms with Gasteiger partial charge in [0.1, 0.15) is 36.1 Å². The van der Waals surface area contributed by atoms with E-state index in [4.69, 9.17) is 16.3 Å². The van der Waals surface area contributed by atoms with Gasteiger partial charge in [-0.25, -0.2) is 32.2 Å². The summed E-state index contributed by atoms with van der Waals surface area (Å²) in [5.41, 5.74) is 2.59. The molecule has 0 bridgehead atoms. The van der Waals surface area contributed by atoms with Crippen LogP contribution in [-0.2, 0) is 22.9 Å². The van der Waals surface area contributed by atoms with E-state index >= 15 is 4.39 Å². The van der Waals surface area contributed by atoms with Crippen LogP contribution in [0.5, 0.6) is 5.75 Å². The molecule has 5 rings (SSSR count). The van der Waals surface area contributed by atoms with E-state index in [0.29, 0.717) is 69.5 Å². The van der Waals surface area contributed by atoms with Crippen molar-refractivity contribution in [2.45, 2.75) is 38.5 Å². The lowest BCUT2D eigenvalue weighted by Crippen LogP contribution is -2.28. The first kappa shape index (κ1) is 32.7. The molecule has 0 amide bonds. The lowest BCUT2D eigenvalue weighted by Gasteiger charge is -2.12. The molecule has 0 atom stereocenters. The van der Waals surface area contributed by atoms with Crippen molar-refractivity contribution < 1.29 is 21.9 Å². The van der Waals surface area contributed by atoms with E-state index < -0.39 is 15.7 Å². The third-order valence-electron chi connectivity index (χ3n) is 7.06. The average Bonchev–Trinajstić information content (AvgIpc) is 3.47. The Bertz CT molecular complexity index is 1900. The molecule has 0 saturated carbocycles. The summed E-state index contributed by atoms with van der Waals surface area (Å²) in [7, 11) is -3.06. The predicted octanol–water partition coefficient (Wildman–Crippen LogP) is 7.35. The van der Waals surface area contributed by atoms with Crippen molar-refractivity contribution in [2.75, 3.05) is 24.2 Å². The Labute approximate surface area is 269 Å². The summed E-state index contributed by atoms with van der Waals surface area (Å²) in [5, 5.41) is 9.66. The number of nitrogens with zero attached hydrogens (tertiary/aromatic N) is 3. The Hall–Kier alpha value is -3.71. The highest BCUT2D eigenvalue weighted by atomic mass is 35.5. The fourth-order valence-corrected chi connectivity index (χ4v) is 6.46. The van der Waals surface area contributed by atoms with Gasteiger partial charge in [0.05, 0.1) is 32.2 Å². The molecule has 2 aromatic heterocycles. The quantitative estimate of drug-likeness (QED) is 0.118. The smallest absolute Gasteiger partial charge is 0.153 e.